The van der Waals surface area contributed by atoms with Crippen LogP contribution in [-0.4, -0.2) is 11.9 Å². The van der Waals surface area contributed by atoms with Gasteiger partial charge in [0, 0.05) is 5.69 Å². The highest BCUT2D eigenvalue weighted by Crippen LogP contribution is 2.21. The van der Waals surface area contributed by atoms with Crippen molar-refractivity contribution in [3.05, 3.63) is 29.3 Å². The molecule has 0 aromatic heterocycles. The molecule has 94 valence electrons. The fourth-order valence-electron chi connectivity index (χ4n) is 1.80. The summed E-state index contributed by atoms with van der Waals surface area (Å²) in [6.45, 7) is 8.20. The van der Waals surface area contributed by atoms with Gasteiger partial charge in [-0.3, -0.25) is 4.79 Å². The highest BCUT2D eigenvalue weighted by atomic mass is 16.1. The fraction of sp³-hybridized carbons (Fsp3) is 0.500. The largest absolute Gasteiger partial charge is 0.373 e. The maximum absolute atomic E-state index is 11.5. The topological polar surface area (TPSA) is 55.1 Å². The van der Waals surface area contributed by atoms with Gasteiger partial charge in [-0.05, 0) is 37.0 Å². The molecule has 2 atom stereocenters. The Morgan fingerprint density at radius 1 is 1.41 bits per heavy atom. The zero-order chi connectivity index (χ0) is 13.0. The minimum atomic E-state index is -0.305. The average Bonchev–Trinajstić information content (AvgIpc) is 2.29. The van der Waals surface area contributed by atoms with Gasteiger partial charge < -0.3 is 11.1 Å². The van der Waals surface area contributed by atoms with Gasteiger partial charge >= 0.3 is 0 Å². The van der Waals surface area contributed by atoms with Crippen molar-refractivity contribution in [3.63, 3.8) is 0 Å². The summed E-state index contributed by atoms with van der Waals surface area (Å²) < 4.78 is 0. The van der Waals surface area contributed by atoms with Crippen LogP contribution in [0.15, 0.2) is 18.2 Å². The Bertz CT molecular complexity index is 401. The number of anilines is 1. The summed E-state index contributed by atoms with van der Waals surface area (Å²) >= 11 is 0. The molecule has 3 nitrogen and oxygen atoms in total. The summed E-state index contributed by atoms with van der Waals surface area (Å²) in [4.78, 5) is 11.5. The molecular weight excluding hydrogens is 212 g/mol. The monoisotopic (exact) mass is 234 g/mol. The number of hydrogen-bond acceptors (Lipinski definition) is 2. The van der Waals surface area contributed by atoms with E-state index in [2.05, 4.69) is 25.2 Å². The van der Waals surface area contributed by atoms with Crippen molar-refractivity contribution in [2.45, 2.75) is 40.2 Å². The molecule has 0 spiro atoms. The lowest BCUT2D eigenvalue weighted by Crippen LogP contribution is -2.40. The van der Waals surface area contributed by atoms with E-state index in [0.29, 0.717) is 0 Å². The Morgan fingerprint density at radius 3 is 2.59 bits per heavy atom. The number of carbonyl (C=O) groups is 1. The van der Waals surface area contributed by atoms with Crippen LogP contribution in [0.2, 0.25) is 0 Å². The fourth-order valence-corrected chi connectivity index (χ4v) is 1.80. The van der Waals surface area contributed by atoms with E-state index in [0.717, 1.165) is 12.1 Å². The molecule has 2 unspecified atom stereocenters. The van der Waals surface area contributed by atoms with E-state index >= 15 is 0 Å². The van der Waals surface area contributed by atoms with Crippen LogP contribution in [0.1, 0.15) is 31.4 Å². The second-order valence-corrected chi connectivity index (χ2v) is 4.66. The van der Waals surface area contributed by atoms with E-state index < -0.39 is 0 Å². The van der Waals surface area contributed by atoms with Crippen molar-refractivity contribution >= 4 is 11.6 Å². The van der Waals surface area contributed by atoms with E-state index in [9.17, 15) is 4.79 Å². The van der Waals surface area contributed by atoms with Gasteiger partial charge in [-0.25, -0.2) is 0 Å². The Labute approximate surface area is 103 Å². The SMILES string of the molecule is CCC(C)C(Nc1cccc(C)c1C)C(N)=O. The Balaban J connectivity index is 2.94. The van der Waals surface area contributed by atoms with Crippen molar-refractivity contribution < 1.29 is 4.79 Å². The number of nitrogens with two attached hydrogens (primary N) is 1. The summed E-state index contributed by atoms with van der Waals surface area (Å²) in [5.74, 6) is -0.0623. The van der Waals surface area contributed by atoms with Crippen LogP contribution < -0.4 is 11.1 Å². The average molecular weight is 234 g/mol. The first-order chi connectivity index (χ1) is 7.97. The first kappa shape index (κ1) is 13.6. The zero-order valence-corrected chi connectivity index (χ0v) is 11.1. The molecule has 0 aliphatic carbocycles. The van der Waals surface area contributed by atoms with Crippen molar-refractivity contribution in [3.8, 4) is 0 Å². The quantitative estimate of drug-likeness (QED) is 0.822. The van der Waals surface area contributed by atoms with Crippen LogP contribution in [0.4, 0.5) is 5.69 Å². The number of nitrogens with one attached hydrogen (secondary N) is 1. The third-order valence-corrected chi connectivity index (χ3v) is 3.44. The third-order valence-electron chi connectivity index (χ3n) is 3.44. The zero-order valence-electron chi connectivity index (χ0n) is 11.1. The molecule has 1 aromatic carbocycles. The van der Waals surface area contributed by atoms with Crippen LogP contribution >= 0.6 is 0 Å². The molecule has 3 N–H and O–H groups in total. The summed E-state index contributed by atoms with van der Waals surface area (Å²) in [7, 11) is 0. The molecule has 17 heavy (non-hydrogen) atoms. The minimum absolute atomic E-state index is 0.229. The Morgan fingerprint density at radius 2 is 2.06 bits per heavy atom. The van der Waals surface area contributed by atoms with Gasteiger partial charge in [0.25, 0.3) is 0 Å². The Kier molecular flexibility index (Phi) is 4.55. The van der Waals surface area contributed by atoms with E-state index in [1.807, 2.05) is 26.0 Å². The number of rotatable bonds is 5. The molecule has 0 aliphatic rings. The number of benzene rings is 1. The molecule has 3 heteroatoms. The molecule has 0 aliphatic heterocycles. The number of hydrogen-bond donors (Lipinski definition) is 2. The van der Waals surface area contributed by atoms with E-state index in [1.54, 1.807) is 0 Å². The summed E-state index contributed by atoms with van der Waals surface area (Å²) in [6.07, 6.45) is 0.922. The highest BCUT2D eigenvalue weighted by molar-refractivity contribution is 5.83. The predicted molar refractivity (Wildman–Crippen MR) is 72.0 cm³/mol. The van der Waals surface area contributed by atoms with Gasteiger partial charge in [0.15, 0.2) is 0 Å². The molecule has 0 bridgehead atoms. The Hall–Kier alpha value is -1.51. The van der Waals surface area contributed by atoms with Crippen LogP contribution in [0.3, 0.4) is 0 Å². The lowest BCUT2D eigenvalue weighted by Gasteiger charge is -2.23. The number of carbonyl (C=O) groups excluding carboxylic acids is 1. The first-order valence-corrected chi connectivity index (χ1v) is 6.09. The molecular formula is C14H22N2O. The minimum Gasteiger partial charge on any atom is -0.373 e. The summed E-state index contributed by atoms with van der Waals surface area (Å²) in [6, 6.07) is 5.73. The standard InChI is InChI=1S/C14H22N2O/c1-5-9(2)13(14(15)17)16-12-8-6-7-10(3)11(12)4/h6-9,13,16H,5H2,1-4H3,(H2,15,17). The summed E-state index contributed by atoms with van der Waals surface area (Å²) in [5, 5.41) is 3.26. The molecule has 0 saturated heterocycles. The van der Waals surface area contributed by atoms with E-state index in [-0.39, 0.29) is 17.9 Å². The molecule has 0 heterocycles. The van der Waals surface area contributed by atoms with Gasteiger partial charge in [-0.2, -0.15) is 0 Å². The lowest BCUT2D eigenvalue weighted by atomic mass is 9.97. The summed E-state index contributed by atoms with van der Waals surface area (Å²) in [5.41, 5.74) is 8.82. The highest BCUT2D eigenvalue weighted by Gasteiger charge is 2.21. The van der Waals surface area contributed by atoms with Crippen molar-refractivity contribution in [1.82, 2.24) is 0 Å². The van der Waals surface area contributed by atoms with E-state index in [1.165, 1.54) is 11.1 Å². The van der Waals surface area contributed by atoms with Crippen LogP contribution in [-0.2, 0) is 4.79 Å². The van der Waals surface area contributed by atoms with Gasteiger partial charge in [-0.15, -0.1) is 0 Å². The van der Waals surface area contributed by atoms with Crippen molar-refractivity contribution in [1.29, 1.82) is 0 Å². The second-order valence-electron chi connectivity index (χ2n) is 4.66. The molecule has 1 amide bonds. The van der Waals surface area contributed by atoms with E-state index in [4.69, 9.17) is 5.73 Å². The number of aryl methyl sites for hydroxylation is 1. The smallest absolute Gasteiger partial charge is 0.240 e. The van der Waals surface area contributed by atoms with Crippen LogP contribution in [0.25, 0.3) is 0 Å². The molecule has 1 rings (SSSR count). The molecule has 1 aromatic rings. The first-order valence-electron chi connectivity index (χ1n) is 6.09. The van der Waals surface area contributed by atoms with Gasteiger partial charge in [0.1, 0.15) is 6.04 Å². The third kappa shape index (κ3) is 3.22. The van der Waals surface area contributed by atoms with Gasteiger partial charge in [0.05, 0.1) is 0 Å². The number of primary amides is 1. The predicted octanol–water partition coefficient (Wildman–Crippen LogP) is 2.62. The molecule has 0 saturated carbocycles. The molecule has 0 radical (unpaired) electrons. The second kappa shape index (κ2) is 5.71. The van der Waals surface area contributed by atoms with Crippen LogP contribution in [0, 0.1) is 19.8 Å². The molecule has 0 fully saturated rings. The normalized spacial score (nSPS) is 14.1. The van der Waals surface area contributed by atoms with Crippen molar-refractivity contribution in [2.75, 3.05) is 5.32 Å². The maximum Gasteiger partial charge on any atom is 0.240 e. The van der Waals surface area contributed by atoms with Crippen LogP contribution in [0.5, 0.6) is 0 Å². The van der Waals surface area contributed by atoms with Gasteiger partial charge in [0.2, 0.25) is 5.91 Å². The van der Waals surface area contributed by atoms with Crippen molar-refractivity contribution in [2.24, 2.45) is 11.7 Å². The lowest BCUT2D eigenvalue weighted by molar-refractivity contribution is -0.119. The maximum atomic E-state index is 11.5. The van der Waals surface area contributed by atoms with Gasteiger partial charge in [-0.1, -0.05) is 32.4 Å². The number of amides is 1.